The van der Waals surface area contributed by atoms with Crippen LogP contribution < -0.4 is 5.32 Å². The Morgan fingerprint density at radius 3 is 3.14 bits per heavy atom. The summed E-state index contributed by atoms with van der Waals surface area (Å²) < 4.78 is 7.07. The molecule has 0 radical (unpaired) electrons. The molecule has 22 heavy (non-hydrogen) atoms. The molecule has 1 aliphatic heterocycles. The minimum absolute atomic E-state index is 0.230. The fourth-order valence-electron chi connectivity index (χ4n) is 2.27. The molecule has 1 aromatic carbocycles. The number of aryl methyl sites for hydroxylation is 1. The summed E-state index contributed by atoms with van der Waals surface area (Å²) >= 11 is 0. The lowest BCUT2D eigenvalue weighted by Crippen LogP contribution is -2.18. The van der Waals surface area contributed by atoms with Crippen molar-refractivity contribution in [3.63, 3.8) is 0 Å². The number of allylic oxidation sites excluding steroid dienone is 1. The average Bonchev–Trinajstić information content (AvgIpc) is 3.04. The molecule has 0 bridgehead atoms. The summed E-state index contributed by atoms with van der Waals surface area (Å²) in [5.41, 5.74) is 1.53. The molecule has 1 aromatic heterocycles. The number of nitrogens with one attached hydrogen (secondary N) is 1. The first-order valence-corrected chi connectivity index (χ1v) is 7.29. The van der Waals surface area contributed by atoms with Gasteiger partial charge < -0.3 is 10.1 Å². The van der Waals surface area contributed by atoms with E-state index in [0.717, 1.165) is 18.4 Å². The van der Waals surface area contributed by atoms with E-state index < -0.39 is 0 Å². The van der Waals surface area contributed by atoms with Crippen molar-refractivity contribution in [2.24, 2.45) is 0 Å². The second-order valence-corrected chi connectivity index (χ2v) is 4.91. The van der Waals surface area contributed by atoms with Crippen LogP contribution in [0.4, 0.5) is 5.69 Å². The van der Waals surface area contributed by atoms with Crippen molar-refractivity contribution in [1.29, 1.82) is 0 Å². The zero-order valence-corrected chi connectivity index (χ0v) is 12.3. The lowest BCUT2D eigenvalue weighted by atomic mass is 10.2. The number of tetrazole rings is 1. The molecular formula is C15H17N5O2. The maximum Gasteiger partial charge on any atom is 0.290 e. The number of carbonyl (C=O) groups excluding carboxylic acids is 1. The van der Waals surface area contributed by atoms with Crippen molar-refractivity contribution in [3.8, 4) is 11.4 Å². The molecular weight excluding hydrogens is 282 g/mol. The quantitative estimate of drug-likeness (QED) is 0.933. The Morgan fingerprint density at radius 2 is 2.36 bits per heavy atom. The molecule has 0 spiro atoms. The van der Waals surface area contributed by atoms with Crippen LogP contribution in [0.2, 0.25) is 0 Å². The smallest absolute Gasteiger partial charge is 0.290 e. The van der Waals surface area contributed by atoms with Gasteiger partial charge in [0.15, 0.2) is 11.6 Å². The van der Waals surface area contributed by atoms with Gasteiger partial charge in [-0.05, 0) is 48.4 Å². The fraction of sp³-hybridized carbons (Fsp3) is 0.333. The number of aromatic nitrogens is 4. The lowest BCUT2D eigenvalue weighted by Gasteiger charge is -2.14. The van der Waals surface area contributed by atoms with Gasteiger partial charge in [0.2, 0.25) is 0 Å². The minimum Gasteiger partial charge on any atom is -0.488 e. The maximum atomic E-state index is 12.1. The minimum atomic E-state index is -0.230. The normalized spacial score (nSPS) is 14.1. The highest BCUT2D eigenvalue weighted by Crippen LogP contribution is 2.21. The standard InChI is InChI=1S/C15H17N5O2/c1-2-20-14(17-18-19-20)11-6-5-7-12(10-11)16-15(21)13-8-3-4-9-22-13/h5-8,10H,2-4,9H2,1H3,(H,16,21). The average molecular weight is 299 g/mol. The van der Waals surface area contributed by atoms with E-state index in [1.165, 1.54) is 0 Å². The monoisotopic (exact) mass is 299 g/mol. The van der Waals surface area contributed by atoms with Crippen LogP contribution in [0.5, 0.6) is 0 Å². The molecule has 0 fully saturated rings. The highest BCUT2D eigenvalue weighted by molar-refractivity contribution is 6.02. The number of hydrogen-bond donors (Lipinski definition) is 1. The summed E-state index contributed by atoms with van der Waals surface area (Å²) in [6, 6.07) is 7.43. The van der Waals surface area contributed by atoms with Gasteiger partial charge in [0.05, 0.1) is 6.61 Å². The molecule has 2 aromatic rings. The third-order valence-corrected chi connectivity index (χ3v) is 3.37. The summed E-state index contributed by atoms with van der Waals surface area (Å²) in [6.07, 6.45) is 3.64. The van der Waals surface area contributed by atoms with Gasteiger partial charge >= 0.3 is 0 Å². The van der Waals surface area contributed by atoms with Gasteiger partial charge in [0.25, 0.3) is 5.91 Å². The molecule has 0 saturated carbocycles. The van der Waals surface area contributed by atoms with Crippen LogP contribution in [0.25, 0.3) is 11.4 Å². The number of anilines is 1. The Bertz CT molecular complexity index is 707. The van der Waals surface area contributed by atoms with E-state index in [9.17, 15) is 4.79 Å². The van der Waals surface area contributed by atoms with E-state index in [2.05, 4.69) is 20.8 Å². The second-order valence-electron chi connectivity index (χ2n) is 4.91. The molecule has 0 saturated heterocycles. The Hall–Kier alpha value is -2.70. The van der Waals surface area contributed by atoms with Crippen molar-refractivity contribution < 1.29 is 9.53 Å². The predicted molar refractivity (Wildman–Crippen MR) is 80.8 cm³/mol. The van der Waals surface area contributed by atoms with Crippen LogP contribution in [0.1, 0.15) is 19.8 Å². The van der Waals surface area contributed by atoms with Crippen LogP contribution in [0, 0.1) is 0 Å². The summed E-state index contributed by atoms with van der Waals surface area (Å²) in [6.45, 7) is 3.24. The largest absolute Gasteiger partial charge is 0.488 e. The third-order valence-electron chi connectivity index (χ3n) is 3.37. The van der Waals surface area contributed by atoms with Gasteiger partial charge in [-0.1, -0.05) is 12.1 Å². The van der Waals surface area contributed by atoms with E-state index >= 15 is 0 Å². The molecule has 7 heteroatoms. The first-order chi connectivity index (χ1) is 10.8. The van der Waals surface area contributed by atoms with Crippen LogP contribution in [-0.2, 0) is 16.1 Å². The number of hydrogen-bond acceptors (Lipinski definition) is 5. The van der Waals surface area contributed by atoms with Crippen molar-refractivity contribution in [2.45, 2.75) is 26.3 Å². The number of amides is 1. The molecule has 1 aliphatic rings. The van der Waals surface area contributed by atoms with Crippen LogP contribution >= 0.6 is 0 Å². The SMILES string of the molecule is CCn1nnnc1-c1cccc(NC(=O)C2=CCCCO2)c1. The van der Waals surface area contributed by atoms with Crippen LogP contribution in [-0.4, -0.2) is 32.7 Å². The Balaban J connectivity index is 1.79. The predicted octanol–water partition coefficient (Wildman–Crippen LogP) is 1.99. The number of ether oxygens (including phenoxy) is 1. The number of nitrogens with zero attached hydrogens (tertiary/aromatic N) is 4. The van der Waals surface area contributed by atoms with Gasteiger partial charge in [0, 0.05) is 17.8 Å². The summed E-state index contributed by atoms with van der Waals surface area (Å²) in [4.78, 5) is 12.1. The van der Waals surface area contributed by atoms with E-state index in [0.29, 0.717) is 30.4 Å². The van der Waals surface area contributed by atoms with E-state index in [1.54, 1.807) is 4.68 Å². The molecule has 1 amide bonds. The number of rotatable bonds is 4. The van der Waals surface area contributed by atoms with E-state index in [1.807, 2.05) is 37.3 Å². The fourth-order valence-corrected chi connectivity index (χ4v) is 2.27. The topological polar surface area (TPSA) is 81.9 Å². The number of benzene rings is 1. The van der Waals surface area contributed by atoms with Crippen molar-refractivity contribution in [3.05, 3.63) is 36.1 Å². The van der Waals surface area contributed by atoms with Crippen LogP contribution in [0.3, 0.4) is 0 Å². The Kier molecular flexibility index (Phi) is 4.13. The van der Waals surface area contributed by atoms with Crippen LogP contribution in [0.15, 0.2) is 36.1 Å². The summed E-state index contributed by atoms with van der Waals surface area (Å²) in [5.74, 6) is 0.828. The molecule has 1 N–H and O–H groups in total. The van der Waals surface area contributed by atoms with Crippen molar-refractivity contribution >= 4 is 11.6 Å². The van der Waals surface area contributed by atoms with Gasteiger partial charge in [-0.2, -0.15) is 0 Å². The number of carbonyl (C=O) groups is 1. The molecule has 114 valence electrons. The Morgan fingerprint density at radius 1 is 1.45 bits per heavy atom. The van der Waals surface area contributed by atoms with Gasteiger partial charge in [-0.25, -0.2) is 4.68 Å². The van der Waals surface area contributed by atoms with E-state index in [4.69, 9.17) is 4.74 Å². The third kappa shape index (κ3) is 2.98. The molecule has 0 atom stereocenters. The molecule has 2 heterocycles. The first kappa shape index (κ1) is 14.2. The first-order valence-electron chi connectivity index (χ1n) is 7.29. The molecule has 0 unspecified atom stereocenters. The van der Waals surface area contributed by atoms with Crippen molar-refractivity contribution in [2.75, 3.05) is 11.9 Å². The highest BCUT2D eigenvalue weighted by atomic mass is 16.5. The molecule has 0 aliphatic carbocycles. The maximum absolute atomic E-state index is 12.1. The zero-order chi connectivity index (χ0) is 15.4. The van der Waals surface area contributed by atoms with Crippen molar-refractivity contribution in [1.82, 2.24) is 20.2 Å². The summed E-state index contributed by atoms with van der Waals surface area (Å²) in [5, 5.41) is 14.5. The molecule has 3 rings (SSSR count). The lowest BCUT2D eigenvalue weighted by molar-refractivity contribution is -0.116. The Labute approximate surface area is 128 Å². The van der Waals surface area contributed by atoms with Gasteiger partial charge in [-0.15, -0.1) is 5.10 Å². The second kappa shape index (κ2) is 6.38. The highest BCUT2D eigenvalue weighted by Gasteiger charge is 2.15. The van der Waals surface area contributed by atoms with Gasteiger partial charge in [-0.3, -0.25) is 4.79 Å². The van der Waals surface area contributed by atoms with E-state index in [-0.39, 0.29) is 5.91 Å². The summed E-state index contributed by atoms with van der Waals surface area (Å²) in [7, 11) is 0. The molecule has 7 nitrogen and oxygen atoms in total. The zero-order valence-electron chi connectivity index (χ0n) is 12.3. The van der Waals surface area contributed by atoms with Gasteiger partial charge in [0.1, 0.15) is 0 Å².